The lowest BCUT2D eigenvalue weighted by molar-refractivity contribution is 0.179. The smallest absolute Gasteiger partial charge is 0.191 e. The number of imidazole rings is 1. The maximum Gasteiger partial charge on any atom is 0.191 e. The Morgan fingerprint density at radius 1 is 1.38 bits per heavy atom. The van der Waals surface area contributed by atoms with Crippen LogP contribution in [-0.2, 0) is 11.3 Å². The molecule has 0 fully saturated rings. The molecule has 0 spiro atoms. The summed E-state index contributed by atoms with van der Waals surface area (Å²) in [6.07, 6.45) is 1.00. The van der Waals surface area contributed by atoms with Gasteiger partial charge in [-0.05, 0) is 32.4 Å². The number of ether oxygens (including phenoxy) is 1. The summed E-state index contributed by atoms with van der Waals surface area (Å²) < 4.78 is 7.39. The van der Waals surface area contributed by atoms with Crippen LogP contribution in [0.25, 0.3) is 11.0 Å². The lowest BCUT2D eigenvalue weighted by atomic mass is 10.3. The van der Waals surface area contributed by atoms with Gasteiger partial charge in [0.15, 0.2) is 5.96 Å². The van der Waals surface area contributed by atoms with Crippen molar-refractivity contribution < 1.29 is 4.74 Å². The SMILES string of the molecule is CN=C(NCCCn1c(C)nc2ccccc21)NC(C)COC.I. The van der Waals surface area contributed by atoms with Crippen molar-refractivity contribution in [2.24, 2.45) is 4.99 Å². The van der Waals surface area contributed by atoms with E-state index >= 15 is 0 Å². The Morgan fingerprint density at radius 3 is 2.83 bits per heavy atom. The minimum absolute atomic E-state index is 0. The summed E-state index contributed by atoms with van der Waals surface area (Å²) in [5.41, 5.74) is 2.25. The number of aromatic nitrogens is 2. The number of hydrogen-bond acceptors (Lipinski definition) is 3. The van der Waals surface area contributed by atoms with E-state index in [2.05, 4.69) is 57.2 Å². The largest absolute Gasteiger partial charge is 0.383 e. The Hall–Kier alpha value is -1.35. The van der Waals surface area contributed by atoms with Gasteiger partial charge in [-0.2, -0.15) is 0 Å². The number of fused-ring (bicyclic) bond motifs is 1. The van der Waals surface area contributed by atoms with Crippen LogP contribution in [0.4, 0.5) is 0 Å². The van der Waals surface area contributed by atoms with Crippen molar-refractivity contribution in [2.45, 2.75) is 32.9 Å². The van der Waals surface area contributed by atoms with Crippen molar-refractivity contribution in [2.75, 3.05) is 27.3 Å². The number of methoxy groups -OCH3 is 1. The van der Waals surface area contributed by atoms with Crippen LogP contribution < -0.4 is 10.6 Å². The van der Waals surface area contributed by atoms with E-state index in [9.17, 15) is 0 Å². The van der Waals surface area contributed by atoms with E-state index in [0.717, 1.165) is 36.8 Å². The number of nitrogens with one attached hydrogen (secondary N) is 2. The van der Waals surface area contributed by atoms with Crippen LogP contribution in [0.15, 0.2) is 29.3 Å². The highest BCUT2D eigenvalue weighted by molar-refractivity contribution is 14.0. The van der Waals surface area contributed by atoms with Crippen LogP contribution >= 0.6 is 24.0 Å². The summed E-state index contributed by atoms with van der Waals surface area (Å²) in [7, 11) is 3.48. The quantitative estimate of drug-likeness (QED) is 0.298. The summed E-state index contributed by atoms with van der Waals surface area (Å²) in [6, 6.07) is 8.49. The third-order valence-corrected chi connectivity index (χ3v) is 3.72. The molecule has 2 aromatic rings. The Labute approximate surface area is 161 Å². The molecule has 1 aromatic heterocycles. The number of para-hydroxylation sites is 2. The van der Waals surface area contributed by atoms with Crippen molar-refractivity contribution in [3.8, 4) is 0 Å². The van der Waals surface area contributed by atoms with Gasteiger partial charge in [-0.3, -0.25) is 4.99 Å². The van der Waals surface area contributed by atoms with Gasteiger partial charge in [0.25, 0.3) is 0 Å². The second-order valence-corrected chi connectivity index (χ2v) is 5.65. The number of hydrogen-bond donors (Lipinski definition) is 2. The standard InChI is InChI=1S/C17H27N5O.HI/c1-13(12-23-4)20-17(18-3)19-10-7-11-22-14(2)21-15-8-5-6-9-16(15)22;/h5-6,8-9,13H,7,10-12H2,1-4H3,(H2,18,19,20);1H. The van der Waals surface area contributed by atoms with E-state index < -0.39 is 0 Å². The molecular formula is C17H28IN5O. The van der Waals surface area contributed by atoms with Crippen LogP contribution in [0.3, 0.4) is 0 Å². The number of guanidine groups is 1. The predicted octanol–water partition coefficient (Wildman–Crippen LogP) is 2.55. The molecule has 0 saturated heterocycles. The van der Waals surface area contributed by atoms with Crippen molar-refractivity contribution in [3.05, 3.63) is 30.1 Å². The second kappa shape index (κ2) is 10.5. The molecule has 134 valence electrons. The lowest BCUT2D eigenvalue weighted by Gasteiger charge is -2.17. The molecule has 6 nitrogen and oxygen atoms in total. The summed E-state index contributed by atoms with van der Waals surface area (Å²) in [5, 5.41) is 6.64. The Morgan fingerprint density at radius 2 is 2.12 bits per heavy atom. The van der Waals surface area contributed by atoms with Gasteiger partial charge in [-0.25, -0.2) is 4.98 Å². The zero-order valence-corrected chi connectivity index (χ0v) is 17.2. The van der Waals surface area contributed by atoms with Crippen LogP contribution in [0, 0.1) is 6.92 Å². The fourth-order valence-corrected chi connectivity index (χ4v) is 2.64. The van der Waals surface area contributed by atoms with Gasteiger partial charge in [-0.1, -0.05) is 12.1 Å². The van der Waals surface area contributed by atoms with Crippen molar-refractivity contribution >= 4 is 41.0 Å². The molecule has 0 radical (unpaired) electrons. The Balaban J connectivity index is 0.00000288. The summed E-state index contributed by atoms with van der Waals surface area (Å²) in [4.78, 5) is 8.83. The third-order valence-electron chi connectivity index (χ3n) is 3.72. The fraction of sp³-hybridized carbons (Fsp3) is 0.529. The summed E-state index contributed by atoms with van der Waals surface area (Å²) >= 11 is 0. The lowest BCUT2D eigenvalue weighted by Crippen LogP contribution is -2.44. The highest BCUT2D eigenvalue weighted by Gasteiger charge is 2.07. The van der Waals surface area contributed by atoms with Crippen LogP contribution in [0.5, 0.6) is 0 Å². The van der Waals surface area contributed by atoms with E-state index in [0.29, 0.717) is 6.61 Å². The van der Waals surface area contributed by atoms with Gasteiger partial charge in [0.05, 0.1) is 17.6 Å². The number of aliphatic imine (C=N–C) groups is 1. The van der Waals surface area contributed by atoms with E-state index in [-0.39, 0.29) is 30.0 Å². The highest BCUT2D eigenvalue weighted by Crippen LogP contribution is 2.15. The molecule has 1 unspecified atom stereocenters. The first-order chi connectivity index (χ1) is 11.2. The van der Waals surface area contributed by atoms with E-state index in [1.54, 1.807) is 14.2 Å². The third kappa shape index (κ3) is 5.62. The van der Waals surface area contributed by atoms with Gasteiger partial charge in [-0.15, -0.1) is 24.0 Å². The predicted molar refractivity (Wildman–Crippen MR) is 110 cm³/mol. The summed E-state index contributed by atoms with van der Waals surface area (Å²) in [5.74, 6) is 1.86. The Bertz CT molecular complexity index is 655. The van der Waals surface area contributed by atoms with E-state index in [4.69, 9.17) is 4.74 Å². The van der Waals surface area contributed by atoms with E-state index in [1.807, 2.05) is 6.07 Å². The zero-order chi connectivity index (χ0) is 16.7. The normalized spacial score (nSPS) is 12.8. The molecule has 1 aromatic carbocycles. The molecule has 1 heterocycles. The van der Waals surface area contributed by atoms with Crippen molar-refractivity contribution in [1.82, 2.24) is 20.2 Å². The second-order valence-electron chi connectivity index (χ2n) is 5.65. The van der Waals surface area contributed by atoms with Gasteiger partial charge >= 0.3 is 0 Å². The average molecular weight is 445 g/mol. The molecule has 7 heteroatoms. The molecular weight excluding hydrogens is 417 g/mol. The van der Waals surface area contributed by atoms with Crippen molar-refractivity contribution in [3.63, 3.8) is 0 Å². The van der Waals surface area contributed by atoms with Gasteiger partial charge < -0.3 is 19.9 Å². The van der Waals surface area contributed by atoms with Crippen LogP contribution in [0.1, 0.15) is 19.2 Å². The first-order valence-electron chi connectivity index (χ1n) is 8.03. The fourth-order valence-electron chi connectivity index (χ4n) is 2.64. The molecule has 1 atom stereocenters. The topological polar surface area (TPSA) is 63.5 Å². The van der Waals surface area contributed by atoms with E-state index in [1.165, 1.54) is 5.52 Å². The molecule has 0 bridgehead atoms. The molecule has 2 rings (SSSR count). The Kier molecular flexibility index (Phi) is 9.05. The van der Waals surface area contributed by atoms with Gasteiger partial charge in [0.1, 0.15) is 5.82 Å². The first kappa shape index (κ1) is 20.7. The molecule has 0 aliphatic carbocycles. The minimum Gasteiger partial charge on any atom is -0.383 e. The van der Waals surface area contributed by atoms with Gasteiger partial charge in [0.2, 0.25) is 0 Å². The number of nitrogens with zero attached hydrogens (tertiary/aromatic N) is 3. The maximum atomic E-state index is 5.12. The molecule has 0 saturated carbocycles. The minimum atomic E-state index is 0. The van der Waals surface area contributed by atoms with Crippen molar-refractivity contribution in [1.29, 1.82) is 0 Å². The number of benzene rings is 1. The molecule has 24 heavy (non-hydrogen) atoms. The monoisotopic (exact) mass is 445 g/mol. The average Bonchev–Trinajstić information content (AvgIpc) is 2.86. The number of aryl methyl sites for hydroxylation is 2. The first-order valence-corrected chi connectivity index (χ1v) is 8.03. The maximum absolute atomic E-state index is 5.12. The highest BCUT2D eigenvalue weighted by atomic mass is 127. The van der Waals surface area contributed by atoms with Crippen LogP contribution in [0.2, 0.25) is 0 Å². The van der Waals surface area contributed by atoms with Crippen LogP contribution in [-0.4, -0.2) is 48.9 Å². The number of rotatable bonds is 7. The molecule has 0 amide bonds. The molecule has 2 N–H and O–H groups in total. The zero-order valence-electron chi connectivity index (χ0n) is 14.9. The number of halogens is 1. The summed E-state index contributed by atoms with van der Waals surface area (Å²) in [6.45, 7) is 6.56. The molecule has 0 aliphatic heterocycles. The molecule has 0 aliphatic rings. The van der Waals surface area contributed by atoms with Gasteiger partial charge in [0, 0.05) is 33.3 Å².